The molecule has 4 amide bonds. The van der Waals surface area contributed by atoms with Gasteiger partial charge in [-0.15, -0.1) is 0 Å². The number of amides is 4. The van der Waals surface area contributed by atoms with Crippen LogP contribution in [-0.4, -0.2) is 122 Å². The topological polar surface area (TPSA) is 167 Å². The molecular weight excluding hydrogens is 685 g/mol. The molecule has 14 heteroatoms. The van der Waals surface area contributed by atoms with Crippen molar-refractivity contribution in [3.63, 3.8) is 0 Å². The second kappa shape index (κ2) is 21.3. The van der Waals surface area contributed by atoms with E-state index in [1.807, 2.05) is 41.5 Å². The van der Waals surface area contributed by atoms with E-state index in [4.69, 9.17) is 9.47 Å². The quantitative estimate of drug-likeness (QED) is 0.148. The number of carboxylic acids is 1. The first kappa shape index (κ1) is 45.5. The highest BCUT2D eigenvalue weighted by Gasteiger charge is 2.43. The minimum Gasteiger partial charge on any atom is -0.480 e. The van der Waals surface area contributed by atoms with Gasteiger partial charge in [0.25, 0.3) is 0 Å². The number of hydrogen-bond donors (Lipinski definition) is 4. The molecule has 1 aromatic rings. The Morgan fingerprint density at radius 3 is 2.04 bits per heavy atom. The van der Waals surface area contributed by atoms with Crippen molar-refractivity contribution in [2.75, 3.05) is 34.9 Å². The Labute approximate surface area is 315 Å². The zero-order chi connectivity index (χ0) is 40.2. The molecule has 1 fully saturated rings. The van der Waals surface area contributed by atoms with E-state index < -0.39 is 66.0 Å². The highest BCUT2D eigenvalue weighted by molar-refractivity contribution is 5.90. The zero-order valence-corrected chi connectivity index (χ0v) is 33.5. The summed E-state index contributed by atoms with van der Waals surface area (Å²) in [6, 6.07) is 1.93. The van der Waals surface area contributed by atoms with Gasteiger partial charge in [0.2, 0.25) is 23.6 Å². The SMILES string of the molecule is CC[C@H](C)[C@@H]([C@@H](CC(=O)N1CCC[C@H]1[C@H](OC)[C@@H](C)C(=O)N[C@@H](Cc1ccc(F)cc1)C(=O)O)OC)N(C)C(=O)[C@@H](NC(=O)[C@@H](NC)C(C)C)C(C)C. The molecule has 1 saturated heterocycles. The van der Waals surface area contributed by atoms with Crippen LogP contribution in [-0.2, 0) is 39.9 Å². The van der Waals surface area contributed by atoms with Gasteiger partial charge < -0.3 is 40.3 Å². The number of halogens is 1. The molecule has 4 N–H and O–H groups in total. The number of likely N-dealkylation sites (tertiary alicyclic amines) is 1. The summed E-state index contributed by atoms with van der Waals surface area (Å²) < 4.78 is 25.2. The van der Waals surface area contributed by atoms with E-state index in [2.05, 4.69) is 16.0 Å². The average Bonchev–Trinajstić information content (AvgIpc) is 3.60. The molecule has 0 unspecified atom stereocenters. The van der Waals surface area contributed by atoms with E-state index in [9.17, 15) is 33.5 Å². The van der Waals surface area contributed by atoms with Crippen LogP contribution in [0.2, 0.25) is 0 Å². The first-order valence-electron chi connectivity index (χ1n) is 18.8. The molecule has 0 aliphatic carbocycles. The monoisotopic (exact) mass is 749 g/mol. The molecule has 1 aliphatic heterocycles. The van der Waals surface area contributed by atoms with Gasteiger partial charge in [0, 0.05) is 34.2 Å². The molecule has 1 heterocycles. The molecule has 0 aromatic heterocycles. The molecule has 0 bridgehead atoms. The standard InChI is InChI=1S/C39H64FN5O8/c1-12-24(6)34(44(9)38(49)33(23(4)5)43-37(48)32(41-8)22(2)3)30(52-10)21-31(46)45-19-13-14-29(45)35(53-11)25(7)36(47)42-28(39(50)51)20-26-15-17-27(40)18-16-26/h15-18,22-25,28-30,32-35,41H,12-14,19-21H2,1-11H3,(H,42,47)(H,43,48)(H,50,51)/t24-,25+,28-,29-,30+,32-,33-,34-,35+/m0/s1. The van der Waals surface area contributed by atoms with E-state index in [1.54, 1.807) is 30.8 Å². The Morgan fingerprint density at radius 1 is 0.943 bits per heavy atom. The first-order valence-corrected chi connectivity index (χ1v) is 18.8. The summed E-state index contributed by atoms with van der Waals surface area (Å²) in [6.45, 7) is 13.7. The molecule has 2 rings (SSSR count). The van der Waals surface area contributed by atoms with Crippen molar-refractivity contribution in [2.45, 2.75) is 123 Å². The second-order valence-corrected chi connectivity index (χ2v) is 15.1. The average molecular weight is 750 g/mol. The molecular formula is C39H64FN5O8. The van der Waals surface area contributed by atoms with Crippen molar-refractivity contribution in [3.05, 3.63) is 35.6 Å². The summed E-state index contributed by atoms with van der Waals surface area (Å²) in [6.07, 6.45) is 0.463. The third-order valence-electron chi connectivity index (χ3n) is 10.7. The summed E-state index contributed by atoms with van der Waals surface area (Å²) in [5.41, 5.74) is 0.552. The lowest BCUT2D eigenvalue weighted by atomic mass is 9.89. The fourth-order valence-corrected chi connectivity index (χ4v) is 7.41. The summed E-state index contributed by atoms with van der Waals surface area (Å²) in [5, 5.41) is 18.4. The summed E-state index contributed by atoms with van der Waals surface area (Å²) in [5.74, 6) is -4.05. The van der Waals surface area contributed by atoms with Crippen LogP contribution in [0.5, 0.6) is 0 Å². The number of methoxy groups -OCH3 is 2. The Hall–Kier alpha value is -3.62. The Bertz CT molecular complexity index is 1360. The maximum Gasteiger partial charge on any atom is 0.326 e. The van der Waals surface area contributed by atoms with E-state index in [-0.39, 0.29) is 48.3 Å². The van der Waals surface area contributed by atoms with Crippen molar-refractivity contribution in [1.29, 1.82) is 0 Å². The van der Waals surface area contributed by atoms with Crippen molar-refractivity contribution >= 4 is 29.6 Å². The molecule has 300 valence electrons. The molecule has 0 radical (unpaired) electrons. The fourth-order valence-electron chi connectivity index (χ4n) is 7.41. The normalized spacial score (nSPS) is 19.1. The molecule has 1 aromatic carbocycles. The number of likely N-dealkylation sites (N-methyl/N-ethyl adjacent to an activating group) is 2. The van der Waals surface area contributed by atoms with Gasteiger partial charge in [-0.2, -0.15) is 0 Å². The van der Waals surface area contributed by atoms with Gasteiger partial charge in [-0.25, -0.2) is 9.18 Å². The van der Waals surface area contributed by atoms with Crippen LogP contribution >= 0.6 is 0 Å². The molecule has 0 saturated carbocycles. The van der Waals surface area contributed by atoms with Crippen LogP contribution < -0.4 is 16.0 Å². The highest BCUT2D eigenvalue weighted by atomic mass is 19.1. The highest BCUT2D eigenvalue weighted by Crippen LogP contribution is 2.30. The fraction of sp³-hybridized carbons (Fsp3) is 0.718. The van der Waals surface area contributed by atoms with Gasteiger partial charge in [0.1, 0.15) is 17.9 Å². The smallest absolute Gasteiger partial charge is 0.326 e. The van der Waals surface area contributed by atoms with Gasteiger partial charge in [0.15, 0.2) is 0 Å². The number of carbonyl (C=O) groups is 5. The number of carboxylic acid groups (broad SMARTS) is 1. The lowest BCUT2D eigenvalue weighted by Crippen LogP contribution is -2.59. The maximum absolute atomic E-state index is 14.1. The lowest BCUT2D eigenvalue weighted by molar-refractivity contribution is -0.148. The minimum atomic E-state index is -1.25. The van der Waals surface area contributed by atoms with Gasteiger partial charge >= 0.3 is 5.97 Å². The number of rotatable bonds is 21. The molecule has 13 nitrogen and oxygen atoms in total. The van der Waals surface area contributed by atoms with Gasteiger partial charge in [-0.05, 0) is 55.3 Å². The van der Waals surface area contributed by atoms with E-state index in [0.29, 0.717) is 31.4 Å². The van der Waals surface area contributed by atoms with Crippen LogP contribution in [0.3, 0.4) is 0 Å². The zero-order valence-electron chi connectivity index (χ0n) is 33.5. The summed E-state index contributed by atoms with van der Waals surface area (Å²) in [7, 11) is 6.38. The summed E-state index contributed by atoms with van der Waals surface area (Å²) in [4.78, 5) is 70.2. The number of benzene rings is 1. The van der Waals surface area contributed by atoms with Gasteiger partial charge in [-0.1, -0.05) is 67.0 Å². The molecule has 0 spiro atoms. The number of aliphatic carboxylic acids is 1. The third-order valence-corrected chi connectivity index (χ3v) is 10.7. The van der Waals surface area contributed by atoms with Crippen LogP contribution in [0.15, 0.2) is 24.3 Å². The third kappa shape index (κ3) is 12.2. The molecule has 53 heavy (non-hydrogen) atoms. The number of carbonyl (C=O) groups excluding carboxylic acids is 4. The van der Waals surface area contributed by atoms with Crippen LogP contribution in [0, 0.1) is 29.5 Å². The van der Waals surface area contributed by atoms with Gasteiger partial charge in [-0.3, -0.25) is 19.2 Å². The van der Waals surface area contributed by atoms with E-state index in [1.165, 1.54) is 38.5 Å². The van der Waals surface area contributed by atoms with E-state index in [0.717, 1.165) is 0 Å². The molecule has 1 aliphatic rings. The van der Waals surface area contributed by atoms with Crippen LogP contribution in [0.25, 0.3) is 0 Å². The Kier molecular flexibility index (Phi) is 18.3. The van der Waals surface area contributed by atoms with Crippen molar-refractivity contribution in [2.24, 2.45) is 23.7 Å². The lowest BCUT2D eigenvalue weighted by Gasteiger charge is -2.41. The predicted octanol–water partition coefficient (Wildman–Crippen LogP) is 3.24. The number of nitrogens with one attached hydrogen (secondary N) is 3. The number of hydrogen-bond acceptors (Lipinski definition) is 8. The number of ether oxygens (including phenoxy) is 2. The van der Waals surface area contributed by atoms with E-state index >= 15 is 0 Å². The Balaban J connectivity index is 2.26. The van der Waals surface area contributed by atoms with Crippen molar-refractivity contribution < 1.29 is 42.9 Å². The predicted molar refractivity (Wildman–Crippen MR) is 200 cm³/mol. The largest absolute Gasteiger partial charge is 0.480 e. The number of nitrogens with zero attached hydrogens (tertiary/aromatic N) is 2. The summed E-state index contributed by atoms with van der Waals surface area (Å²) >= 11 is 0. The first-order chi connectivity index (χ1) is 24.9. The van der Waals surface area contributed by atoms with Crippen LogP contribution in [0.1, 0.15) is 79.7 Å². The molecule has 9 atom stereocenters. The van der Waals surface area contributed by atoms with Crippen molar-refractivity contribution in [1.82, 2.24) is 25.8 Å². The second-order valence-electron chi connectivity index (χ2n) is 15.1. The van der Waals surface area contributed by atoms with Crippen molar-refractivity contribution in [3.8, 4) is 0 Å². The Morgan fingerprint density at radius 2 is 1.55 bits per heavy atom. The minimum absolute atomic E-state index is 0.0105. The van der Waals surface area contributed by atoms with Gasteiger partial charge in [0.05, 0.1) is 42.7 Å². The van der Waals surface area contributed by atoms with Crippen LogP contribution in [0.4, 0.5) is 4.39 Å². The maximum atomic E-state index is 14.1.